The molecule has 0 radical (unpaired) electrons. The lowest BCUT2D eigenvalue weighted by Crippen LogP contribution is -2.42. The van der Waals surface area contributed by atoms with Crippen molar-refractivity contribution in [2.45, 2.75) is 50.0 Å². The molecule has 3 aromatic rings. The summed E-state index contributed by atoms with van der Waals surface area (Å²) in [6, 6.07) is 11.7. The average molecular weight is 565 g/mol. The van der Waals surface area contributed by atoms with Crippen molar-refractivity contribution < 1.29 is 18.3 Å². The van der Waals surface area contributed by atoms with Gasteiger partial charge in [-0.3, -0.25) is 18.9 Å². The van der Waals surface area contributed by atoms with E-state index >= 15 is 0 Å². The molecule has 3 fully saturated rings. The van der Waals surface area contributed by atoms with Crippen molar-refractivity contribution in [2.24, 2.45) is 5.92 Å². The summed E-state index contributed by atoms with van der Waals surface area (Å²) in [4.78, 5) is 19.6. The van der Waals surface area contributed by atoms with E-state index in [-0.39, 0.29) is 17.7 Å². The Balaban J connectivity index is 1.34. The Bertz CT molecular complexity index is 1440. The van der Waals surface area contributed by atoms with Gasteiger partial charge in [-0.05, 0) is 43.4 Å². The number of rotatable bonds is 6. The fraction of sp³-hybridized carbons (Fsp3) is 0.448. The third-order valence-corrected chi connectivity index (χ3v) is 10.1. The third-order valence-electron chi connectivity index (χ3n) is 8.40. The zero-order chi connectivity index (χ0) is 27.9. The number of nitrogens with zero attached hydrogens (tertiary/aromatic N) is 5. The number of nitriles is 1. The fourth-order valence-electron chi connectivity index (χ4n) is 5.87. The number of benzene rings is 1. The van der Waals surface area contributed by atoms with Crippen LogP contribution in [0, 0.1) is 23.1 Å². The smallest absolute Gasteiger partial charge is 0.225 e. The normalized spacial score (nSPS) is 24.1. The van der Waals surface area contributed by atoms with Crippen LogP contribution in [-0.4, -0.2) is 59.9 Å². The summed E-state index contributed by atoms with van der Waals surface area (Å²) in [5.41, 5.74) is 3.35. The first kappa shape index (κ1) is 26.7. The predicted octanol–water partition coefficient (Wildman–Crippen LogP) is 5.09. The first-order valence-corrected chi connectivity index (χ1v) is 15.7. The van der Waals surface area contributed by atoms with Crippen LogP contribution in [0.25, 0.3) is 16.8 Å². The number of pyridine rings is 1. The van der Waals surface area contributed by atoms with E-state index in [1.807, 2.05) is 30.5 Å². The third kappa shape index (κ3) is 5.44. The highest BCUT2D eigenvalue weighted by atomic mass is 32.3. The molecule has 1 aliphatic heterocycles. The summed E-state index contributed by atoms with van der Waals surface area (Å²) >= 11 is 0. The monoisotopic (exact) mass is 564 g/mol. The molecule has 11 heteroatoms. The van der Waals surface area contributed by atoms with Crippen LogP contribution < -0.4 is 10.2 Å². The van der Waals surface area contributed by atoms with E-state index in [1.165, 1.54) is 6.07 Å². The molecule has 2 aromatic heterocycles. The second-order valence-electron chi connectivity index (χ2n) is 11.2. The van der Waals surface area contributed by atoms with Gasteiger partial charge < -0.3 is 10.2 Å². The van der Waals surface area contributed by atoms with Gasteiger partial charge in [-0.2, -0.15) is 21.0 Å². The maximum atomic E-state index is 14.1. The summed E-state index contributed by atoms with van der Waals surface area (Å²) in [5.74, 6) is -0.271. The number of aromatic nitrogens is 3. The topological polar surface area (TPSA) is 127 Å². The van der Waals surface area contributed by atoms with Crippen molar-refractivity contribution >= 4 is 22.2 Å². The Morgan fingerprint density at radius 3 is 2.50 bits per heavy atom. The number of anilines is 1. The Morgan fingerprint density at radius 1 is 1.10 bits per heavy atom. The van der Waals surface area contributed by atoms with E-state index in [0.29, 0.717) is 43.1 Å². The van der Waals surface area contributed by atoms with E-state index in [1.54, 1.807) is 10.9 Å². The molecule has 3 aliphatic rings. The molecule has 210 valence electrons. The van der Waals surface area contributed by atoms with Crippen molar-refractivity contribution in [2.75, 3.05) is 29.5 Å². The first-order chi connectivity index (χ1) is 19.3. The lowest BCUT2D eigenvalue weighted by atomic mass is 9.75. The Hall–Kier alpha value is -3.46. The molecular formula is C29H33FN6O3S. The molecule has 2 aliphatic carbocycles. The minimum atomic E-state index is -2.48. The van der Waals surface area contributed by atoms with Crippen molar-refractivity contribution in [3.63, 3.8) is 0 Å². The van der Waals surface area contributed by atoms with Gasteiger partial charge in [0, 0.05) is 48.4 Å². The van der Waals surface area contributed by atoms with E-state index in [0.717, 1.165) is 54.4 Å². The van der Waals surface area contributed by atoms with E-state index < -0.39 is 21.9 Å². The minimum Gasteiger partial charge on any atom is -0.368 e. The molecule has 6 rings (SSSR count). The molecule has 0 bridgehead atoms. The average Bonchev–Trinajstić information content (AvgIpc) is 3.59. The molecule has 0 unspecified atom stereocenters. The molecule has 1 saturated heterocycles. The largest absolute Gasteiger partial charge is 0.368 e. The van der Waals surface area contributed by atoms with Crippen LogP contribution in [0.2, 0.25) is 0 Å². The van der Waals surface area contributed by atoms with Gasteiger partial charge in [0.1, 0.15) is 11.4 Å². The number of nitrogens with one attached hydrogen (secondary N) is 1. The Kier molecular flexibility index (Phi) is 7.02. The van der Waals surface area contributed by atoms with Crippen LogP contribution in [0.1, 0.15) is 50.1 Å². The van der Waals surface area contributed by atoms with Crippen LogP contribution >= 0.6 is 10.6 Å². The Labute approximate surface area is 234 Å². The highest BCUT2D eigenvalue weighted by Gasteiger charge is 2.47. The van der Waals surface area contributed by atoms with Gasteiger partial charge in [-0.15, -0.1) is 0 Å². The summed E-state index contributed by atoms with van der Waals surface area (Å²) in [7, 11) is -2.48. The number of hydrogen-bond acceptors (Lipinski definition) is 7. The maximum absolute atomic E-state index is 14.1. The second kappa shape index (κ2) is 10.5. The number of carbonyl (C=O) groups is 1. The molecule has 3 N–H and O–H groups in total. The van der Waals surface area contributed by atoms with E-state index in [2.05, 4.69) is 21.3 Å². The quantitative estimate of drug-likeness (QED) is 0.381. The molecule has 2 atom stereocenters. The number of hydrogen-bond donors (Lipinski definition) is 3. The summed E-state index contributed by atoms with van der Waals surface area (Å²) in [5, 5.41) is 17.5. The molecule has 0 spiro atoms. The molecule has 9 nitrogen and oxygen atoms in total. The van der Waals surface area contributed by atoms with Gasteiger partial charge in [0.2, 0.25) is 5.91 Å². The minimum absolute atomic E-state index is 0.0944. The van der Waals surface area contributed by atoms with Crippen molar-refractivity contribution in [1.29, 1.82) is 5.26 Å². The van der Waals surface area contributed by atoms with Crippen molar-refractivity contribution in [1.82, 2.24) is 20.1 Å². The van der Waals surface area contributed by atoms with Crippen LogP contribution in [-0.2, 0) is 4.79 Å². The van der Waals surface area contributed by atoms with E-state index in [9.17, 15) is 23.6 Å². The number of amides is 1. The van der Waals surface area contributed by atoms with Crippen LogP contribution in [0.5, 0.6) is 0 Å². The molecule has 40 heavy (non-hydrogen) atoms. The molecule has 1 aromatic carbocycles. The van der Waals surface area contributed by atoms with Gasteiger partial charge >= 0.3 is 0 Å². The van der Waals surface area contributed by atoms with Crippen LogP contribution in [0.4, 0.5) is 10.1 Å². The number of carbonyl (C=O) groups excluding carboxylic acids is 1. The zero-order valence-corrected chi connectivity index (χ0v) is 23.0. The molecular weight excluding hydrogens is 531 g/mol. The zero-order valence-electron chi connectivity index (χ0n) is 22.2. The van der Waals surface area contributed by atoms with Crippen LogP contribution in [0.15, 0.2) is 48.9 Å². The van der Waals surface area contributed by atoms with Gasteiger partial charge in [0.25, 0.3) is 0 Å². The Morgan fingerprint density at radius 2 is 1.82 bits per heavy atom. The second-order valence-corrected chi connectivity index (χ2v) is 13.6. The highest BCUT2D eigenvalue weighted by Crippen LogP contribution is 2.44. The first-order valence-electron chi connectivity index (χ1n) is 13.8. The SMILES string of the molecule is N#CC1(NC(=O)[C@@H]2CCCC[C@H]2c2nn(-c3cncc(F)c3)cc2-c2ccc(N3CCS(O)(O)CC3)cc2)CC1. The maximum Gasteiger partial charge on any atom is 0.225 e. The lowest BCUT2D eigenvalue weighted by Gasteiger charge is -2.41. The number of halogens is 1. The molecule has 2 saturated carbocycles. The van der Waals surface area contributed by atoms with Gasteiger partial charge in [0.15, 0.2) is 0 Å². The molecule has 3 heterocycles. The summed E-state index contributed by atoms with van der Waals surface area (Å²) < 4.78 is 35.6. The van der Waals surface area contributed by atoms with E-state index in [4.69, 9.17) is 5.10 Å². The lowest BCUT2D eigenvalue weighted by molar-refractivity contribution is -0.127. The van der Waals surface area contributed by atoms with Gasteiger partial charge in [-0.1, -0.05) is 25.0 Å². The van der Waals surface area contributed by atoms with Gasteiger partial charge in [-0.25, -0.2) is 9.07 Å². The van der Waals surface area contributed by atoms with Crippen LogP contribution in [0.3, 0.4) is 0 Å². The molecule has 1 amide bonds. The summed E-state index contributed by atoms with van der Waals surface area (Å²) in [6.07, 6.45) is 9.37. The van der Waals surface area contributed by atoms with Crippen molar-refractivity contribution in [3.8, 4) is 22.9 Å². The predicted molar refractivity (Wildman–Crippen MR) is 152 cm³/mol. The van der Waals surface area contributed by atoms with Gasteiger partial charge in [0.05, 0.1) is 41.3 Å². The standard InChI is InChI=1S/C29H33FN6O3S/c30-21-15-23(17-32-16-21)36-18-26(20-5-7-22(8-6-20)35-11-13-40(38,39)14-12-35)27(34-36)24-3-1-2-4-25(24)28(37)33-29(19-31)9-10-29/h5-8,15-18,24-25,38-39H,1-4,9-14H2,(H,33,37)/t24-,25-/m1/s1. The van der Waals surface area contributed by atoms with Crippen molar-refractivity contribution in [3.05, 3.63) is 60.4 Å². The fourth-order valence-corrected chi connectivity index (χ4v) is 7.10. The summed E-state index contributed by atoms with van der Waals surface area (Å²) in [6.45, 7) is 1.17. The highest BCUT2D eigenvalue weighted by molar-refractivity contribution is 8.24.